The van der Waals surface area contributed by atoms with Crippen molar-refractivity contribution in [2.24, 2.45) is 0 Å². The lowest BCUT2D eigenvalue weighted by Crippen LogP contribution is -1.93. The Hall–Kier alpha value is -1.35. The van der Waals surface area contributed by atoms with E-state index >= 15 is 0 Å². The number of hydrogen-bond donors (Lipinski definition) is 1. The highest BCUT2D eigenvalue weighted by atomic mass is 16.5. The molecule has 0 fully saturated rings. The van der Waals surface area contributed by atoms with Gasteiger partial charge in [0.1, 0.15) is 0 Å². The molecular weight excluding hydrogens is 190 g/mol. The molecule has 1 aromatic rings. The van der Waals surface area contributed by atoms with Crippen LogP contribution in [0, 0.1) is 0 Å². The Kier molecular flexibility index (Phi) is 7.28. The first kappa shape index (κ1) is 13.7. The largest absolute Gasteiger partial charge is 0.399 e. The van der Waals surface area contributed by atoms with Crippen LogP contribution in [0.25, 0.3) is 0 Å². The summed E-state index contributed by atoms with van der Waals surface area (Å²) in [5, 5.41) is 0. The second kappa shape index (κ2) is 8.00. The number of ketones is 1. The van der Waals surface area contributed by atoms with Gasteiger partial charge in [-0.15, -0.1) is 0 Å². The van der Waals surface area contributed by atoms with Crippen molar-refractivity contribution in [1.82, 2.24) is 0 Å². The van der Waals surface area contributed by atoms with Gasteiger partial charge >= 0.3 is 0 Å². The fourth-order valence-electron chi connectivity index (χ4n) is 0.962. The van der Waals surface area contributed by atoms with Gasteiger partial charge in [0.25, 0.3) is 0 Å². The Labute approximate surface area is 91.2 Å². The third-order valence-corrected chi connectivity index (χ3v) is 1.70. The molecule has 0 spiro atoms. The fourth-order valence-corrected chi connectivity index (χ4v) is 0.962. The monoisotopic (exact) mass is 209 g/mol. The first-order valence-corrected chi connectivity index (χ1v) is 5.06. The minimum Gasteiger partial charge on any atom is -0.399 e. The minimum atomic E-state index is 0.0484. The van der Waals surface area contributed by atoms with E-state index in [0.29, 0.717) is 11.3 Å². The third-order valence-electron chi connectivity index (χ3n) is 1.70. The van der Waals surface area contributed by atoms with E-state index in [4.69, 9.17) is 10.5 Å². The number of carbonyl (C=O) groups is 1. The molecule has 0 heterocycles. The number of rotatable bonds is 3. The van der Waals surface area contributed by atoms with Crippen molar-refractivity contribution < 1.29 is 9.53 Å². The molecule has 3 heteroatoms. The Morgan fingerprint density at radius 3 is 2.20 bits per heavy atom. The summed E-state index contributed by atoms with van der Waals surface area (Å²) in [6, 6.07) is 6.94. The topological polar surface area (TPSA) is 52.3 Å². The van der Waals surface area contributed by atoms with Gasteiger partial charge in [0.05, 0.1) is 0 Å². The molecule has 0 saturated heterocycles. The quantitative estimate of drug-likeness (QED) is 0.614. The second-order valence-electron chi connectivity index (χ2n) is 2.96. The van der Waals surface area contributed by atoms with Crippen LogP contribution in [-0.4, -0.2) is 19.0 Å². The van der Waals surface area contributed by atoms with E-state index < -0.39 is 0 Å². The highest BCUT2D eigenvalue weighted by Crippen LogP contribution is 2.06. The molecule has 1 rings (SSSR count). The fraction of sp³-hybridized carbons (Fsp3) is 0.417. The number of hydrogen-bond acceptors (Lipinski definition) is 3. The Bertz CT molecular complexity index is 295. The molecule has 0 aromatic heterocycles. The number of carbonyl (C=O) groups excluding carboxylic acids is 1. The zero-order chi connectivity index (χ0) is 11.7. The molecule has 0 bridgehead atoms. The van der Waals surface area contributed by atoms with Gasteiger partial charge in [0, 0.05) is 24.5 Å². The first-order valence-electron chi connectivity index (χ1n) is 5.06. The van der Waals surface area contributed by atoms with E-state index in [1.54, 1.807) is 24.3 Å². The standard InChI is InChI=1S/C8H9NO.C4H10O/c1-6(10)7-3-2-4-8(9)5-7;1-3-5-4-2/h2-5H,9H2,1H3;3-4H2,1-2H3. The molecular formula is C12H19NO2. The van der Waals surface area contributed by atoms with Crippen molar-refractivity contribution in [3.63, 3.8) is 0 Å². The summed E-state index contributed by atoms with van der Waals surface area (Å²) in [6.45, 7) is 7.19. The zero-order valence-electron chi connectivity index (χ0n) is 9.62. The van der Waals surface area contributed by atoms with Crippen LogP contribution in [-0.2, 0) is 4.74 Å². The predicted molar refractivity (Wildman–Crippen MR) is 63.0 cm³/mol. The highest BCUT2D eigenvalue weighted by Gasteiger charge is 1.96. The number of nitrogens with two attached hydrogens (primary N) is 1. The maximum Gasteiger partial charge on any atom is 0.159 e. The van der Waals surface area contributed by atoms with Gasteiger partial charge in [-0.1, -0.05) is 12.1 Å². The number of nitrogen functional groups attached to an aromatic ring is 1. The summed E-state index contributed by atoms with van der Waals surface area (Å²) in [7, 11) is 0. The second-order valence-corrected chi connectivity index (χ2v) is 2.96. The van der Waals surface area contributed by atoms with Crippen molar-refractivity contribution in [1.29, 1.82) is 0 Å². The number of Topliss-reactive ketones (excluding diaryl/α,β-unsaturated/α-hetero) is 1. The number of anilines is 1. The molecule has 0 atom stereocenters. The summed E-state index contributed by atoms with van der Waals surface area (Å²) >= 11 is 0. The smallest absolute Gasteiger partial charge is 0.159 e. The summed E-state index contributed by atoms with van der Waals surface area (Å²) in [5.74, 6) is 0.0484. The minimum absolute atomic E-state index is 0.0484. The maximum absolute atomic E-state index is 10.7. The Morgan fingerprint density at radius 1 is 1.33 bits per heavy atom. The highest BCUT2D eigenvalue weighted by molar-refractivity contribution is 5.94. The van der Waals surface area contributed by atoms with Gasteiger partial charge < -0.3 is 10.5 Å². The van der Waals surface area contributed by atoms with Crippen molar-refractivity contribution in [3.8, 4) is 0 Å². The van der Waals surface area contributed by atoms with Crippen molar-refractivity contribution in [2.75, 3.05) is 18.9 Å². The summed E-state index contributed by atoms with van der Waals surface area (Å²) < 4.78 is 4.83. The average molecular weight is 209 g/mol. The first-order chi connectivity index (χ1) is 7.11. The number of benzene rings is 1. The van der Waals surface area contributed by atoms with E-state index in [1.165, 1.54) is 6.92 Å². The van der Waals surface area contributed by atoms with Crippen LogP contribution in [0.2, 0.25) is 0 Å². The summed E-state index contributed by atoms with van der Waals surface area (Å²) in [5.41, 5.74) is 6.74. The lowest BCUT2D eigenvalue weighted by molar-refractivity contribution is 0.101. The van der Waals surface area contributed by atoms with Crippen LogP contribution in [0.5, 0.6) is 0 Å². The molecule has 84 valence electrons. The van der Waals surface area contributed by atoms with Gasteiger partial charge in [0.15, 0.2) is 5.78 Å². The van der Waals surface area contributed by atoms with Gasteiger partial charge in [0.2, 0.25) is 0 Å². The zero-order valence-corrected chi connectivity index (χ0v) is 9.62. The Morgan fingerprint density at radius 2 is 1.93 bits per heavy atom. The van der Waals surface area contributed by atoms with Crippen LogP contribution < -0.4 is 5.73 Å². The van der Waals surface area contributed by atoms with Crippen LogP contribution in [0.15, 0.2) is 24.3 Å². The summed E-state index contributed by atoms with van der Waals surface area (Å²) in [6.07, 6.45) is 0. The van der Waals surface area contributed by atoms with Gasteiger partial charge in [-0.05, 0) is 32.9 Å². The SMILES string of the molecule is CC(=O)c1cccc(N)c1.CCOCC. The van der Waals surface area contributed by atoms with Gasteiger partial charge in [-0.25, -0.2) is 0 Å². The van der Waals surface area contributed by atoms with E-state index in [-0.39, 0.29) is 5.78 Å². The normalized spacial score (nSPS) is 9.00. The van der Waals surface area contributed by atoms with Crippen molar-refractivity contribution in [2.45, 2.75) is 20.8 Å². The molecule has 0 aliphatic carbocycles. The third kappa shape index (κ3) is 6.69. The maximum atomic E-state index is 10.7. The molecule has 0 aliphatic rings. The van der Waals surface area contributed by atoms with Gasteiger partial charge in [-0.2, -0.15) is 0 Å². The lowest BCUT2D eigenvalue weighted by Gasteiger charge is -1.94. The molecule has 3 nitrogen and oxygen atoms in total. The van der Waals surface area contributed by atoms with Crippen LogP contribution in [0.1, 0.15) is 31.1 Å². The predicted octanol–water partition coefficient (Wildman–Crippen LogP) is 2.51. The summed E-state index contributed by atoms with van der Waals surface area (Å²) in [4.78, 5) is 10.7. The number of ether oxygens (including phenoxy) is 1. The molecule has 15 heavy (non-hydrogen) atoms. The van der Waals surface area contributed by atoms with Crippen LogP contribution in [0.4, 0.5) is 5.69 Å². The molecule has 0 unspecified atom stereocenters. The van der Waals surface area contributed by atoms with Crippen molar-refractivity contribution >= 4 is 11.5 Å². The molecule has 1 aromatic carbocycles. The molecule has 0 saturated carbocycles. The van der Waals surface area contributed by atoms with Crippen LogP contribution in [0.3, 0.4) is 0 Å². The van der Waals surface area contributed by atoms with E-state index in [2.05, 4.69) is 0 Å². The average Bonchev–Trinajstić information content (AvgIpc) is 2.20. The van der Waals surface area contributed by atoms with E-state index in [9.17, 15) is 4.79 Å². The lowest BCUT2D eigenvalue weighted by atomic mass is 10.1. The molecule has 0 amide bonds. The van der Waals surface area contributed by atoms with Crippen LogP contribution >= 0.6 is 0 Å². The van der Waals surface area contributed by atoms with Gasteiger partial charge in [-0.3, -0.25) is 4.79 Å². The molecule has 0 radical (unpaired) electrons. The Balaban J connectivity index is 0.000000336. The van der Waals surface area contributed by atoms with E-state index in [0.717, 1.165) is 13.2 Å². The van der Waals surface area contributed by atoms with E-state index in [1.807, 2.05) is 13.8 Å². The molecule has 0 aliphatic heterocycles. The van der Waals surface area contributed by atoms with Crippen molar-refractivity contribution in [3.05, 3.63) is 29.8 Å². The molecule has 2 N–H and O–H groups in total.